The fraction of sp³-hybridized carbons (Fsp3) is 0.286. The first-order chi connectivity index (χ1) is 15.2. The second kappa shape index (κ2) is 7.75. The minimum atomic E-state index is -0.650. The van der Waals surface area contributed by atoms with Gasteiger partial charge in [-0.3, -0.25) is 4.68 Å². The van der Waals surface area contributed by atoms with Crippen molar-refractivity contribution in [3.63, 3.8) is 0 Å². The Bertz CT molecular complexity index is 1270. The molecule has 0 bridgehead atoms. The van der Waals surface area contributed by atoms with Gasteiger partial charge in [-0.05, 0) is 12.5 Å². The van der Waals surface area contributed by atoms with Gasteiger partial charge in [-0.1, -0.05) is 0 Å². The molecular formula is C21H18F2N8. The van der Waals surface area contributed by atoms with E-state index in [1.165, 1.54) is 18.6 Å². The van der Waals surface area contributed by atoms with E-state index in [0.717, 1.165) is 28.7 Å². The molecule has 0 amide bonds. The number of halogens is 2. The zero-order valence-corrected chi connectivity index (χ0v) is 16.4. The summed E-state index contributed by atoms with van der Waals surface area (Å²) in [6.07, 6.45) is 9.00. The van der Waals surface area contributed by atoms with Crippen molar-refractivity contribution < 1.29 is 8.78 Å². The molecule has 31 heavy (non-hydrogen) atoms. The summed E-state index contributed by atoms with van der Waals surface area (Å²) in [6.45, 7) is 0.632. The van der Waals surface area contributed by atoms with Gasteiger partial charge in [-0.2, -0.15) is 10.4 Å². The molecule has 5 rings (SSSR count). The first-order valence-corrected chi connectivity index (χ1v) is 9.87. The summed E-state index contributed by atoms with van der Waals surface area (Å²) in [5, 5.41) is 14.1. The number of hydrogen-bond acceptors (Lipinski definition) is 6. The summed E-state index contributed by atoms with van der Waals surface area (Å²) in [6, 6.07) is 4.48. The van der Waals surface area contributed by atoms with Crippen LogP contribution in [0, 0.1) is 23.1 Å². The molecule has 1 saturated heterocycles. The molecule has 0 spiro atoms. The summed E-state index contributed by atoms with van der Waals surface area (Å²) in [5.41, 5.74) is 2.62. The highest BCUT2D eigenvalue weighted by Crippen LogP contribution is 2.33. The summed E-state index contributed by atoms with van der Waals surface area (Å²) >= 11 is 0. The number of nitrogens with zero attached hydrogens (tertiary/aromatic N) is 7. The number of hydrogen-bond donors (Lipinski definition) is 1. The highest BCUT2D eigenvalue weighted by atomic mass is 19.1. The summed E-state index contributed by atoms with van der Waals surface area (Å²) in [7, 11) is 0. The van der Waals surface area contributed by atoms with Gasteiger partial charge in [0.15, 0.2) is 11.5 Å². The lowest BCUT2D eigenvalue weighted by Gasteiger charge is -2.23. The Kier molecular flexibility index (Phi) is 4.78. The number of rotatable bonds is 5. The maximum absolute atomic E-state index is 14.1. The molecule has 1 aliphatic rings. The molecule has 0 radical (unpaired) electrons. The highest BCUT2D eigenvalue weighted by molar-refractivity contribution is 5.89. The van der Waals surface area contributed by atoms with Crippen LogP contribution in [0.15, 0.2) is 43.2 Å². The maximum atomic E-state index is 14.1. The predicted molar refractivity (Wildman–Crippen MR) is 109 cm³/mol. The number of nitrogens with one attached hydrogen (secondary N) is 1. The Morgan fingerprint density at radius 2 is 2.19 bits per heavy atom. The number of aromatic amines is 1. The first-order valence-electron chi connectivity index (χ1n) is 9.87. The van der Waals surface area contributed by atoms with Crippen LogP contribution in [-0.2, 0) is 0 Å². The van der Waals surface area contributed by atoms with Crippen molar-refractivity contribution in [2.24, 2.45) is 5.92 Å². The highest BCUT2D eigenvalue weighted by Gasteiger charge is 2.32. The van der Waals surface area contributed by atoms with Gasteiger partial charge in [0.05, 0.1) is 29.8 Å². The predicted octanol–water partition coefficient (Wildman–Crippen LogP) is 3.26. The monoisotopic (exact) mass is 420 g/mol. The van der Waals surface area contributed by atoms with Crippen LogP contribution >= 0.6 is 0 Å². The molecule has 4 aromatic rings. The third-order valence-electron chi connectivity index (χ3n) is 5.79. The van der Waals surface area contributed by atoms with Crippen LogP contribution in [0.4, 0.5) is 14.5 Å². The van der Waals surface area contributed by atoms with Crippen molar-refractivity contribution >= 4 is 16.7 Å². The van der Waals surface area contributed by atoms with E-state index in [4.69, 9.17) is 5.26 Å². The van der Waals surface area contributed by atoms with E-state index in [1.807, 2.05) is 17.2 Å². The van der Waals surface area contributed by atoms with Crippen LogP contribution < -0.4 is 4.90 Å². The average Bonchev–Trinajstić information content (AvgIpc) is 3.55. The van der Waals surface area contributed by atoms with E-state index in [-0.39, 0.29) is 11.6 Å². The standard InChI is InChI=1S/C21H18F2N8/c22-6-19(13-2-4-30(10-13)15-5-17(23)18(7-24)26-9-15)31-11-14(8-29-31)20-16-1-3-25-21(16)28-12-27-20/h1,3,5,8-9,11-13,19H,2,4,6,10H2,(H,25,27,28)/t13-,19?/m0/s1. The third kappa shape index (κ3) is 3.38. The molecule has 0 aliphatic carbocycles. The summed E-state index contributed by atoms with van der Waals surface area (Å²) < 4.78 is 29.7. The van der Waals surface area contributed by atoms with Gasteiger partial charge in [-0.25, -0.2) is 23.7 Å². The quantitative estimate of drug-likeness (QED) is 0.532. The Labute approximate surface area is 176 Å². The van der Waals surface area contributed by atoms with Gasteiger partial charge in [0.2, 0.25) is 0 Å². The average molecular weight is 420 g/mol. The van der Waals surface area contributed by atoms with Gasteiger partial charge in [0, 0.05) is 48.4 Å². The lowest BCUT2D eigenvalue weighted by Crippen LogP contribution is -2.26. The van der Waals surface area contributed by atoms with Crippen molar-refractivity contribution in [3.8, 4) is 17.3 Å². The van der Waals surface area contributed by atoms with E-state index >= 15 is 0 Å². The molecule has 0 aromatic carbocycles. The molecule has 2 atom stereocenters. The van der Waals surface area contributed by atoms with Crippen LogP contribution in [0.2, 0.25) is 0 Å². The van der Waals surface area contributed by atoms with Gasteiger partial charge < -0.3 is 9.88 Å². The summed E-state index contributed by atoms with van der Waals surface area (Å²) in [4.78, 5) is 17.4. The topological polar surface area (TPSA) is 99.3 Å². The third-order valence-corrected chi connectivity index (χ3v) is 5.79. The van der Waals surface area contributed by atoms with Gasteiger partial charge in [0.25, 0.3) is 0 Å². The molecule has 1 aliphatic heterocycles. The van der Waals surface area contributed by atoms with Crippen LogP contribution in [0.1, 0.15) is 18.2 Å². The molecule has 1 N–H and O–H groups in total. The van der Waals surface area contributed by atoms with Crippen molar-refractivity contribution in [3.05, 3.63) is 54.8 Å². The fourth-order valence-electron chi connectivity index (χ4n) is 4.18. The van der Waals surface area contributed by atoms with E-state index in [1.54, 1.807) is 23.1 Å². The minimum absolute atomic E-state index is 0.00543. The molecule has 1 fully saturated rings. The van der Waals surface area contributed by atoms with E-state index in [0.29, 0.717) is 18.8 Å². The molecule has 156 valence electrons. The van der Waals surface area contributed by atoms with E-state index in [9.17, 15) is 8.78 Å². The Morgan fingerprint density at radius 3 is 3.00 bits per heavy atom. The Hall–Kier alpha value is -3.87. The molecule has 1 unspecified atom stereocenters. The van der Waals surface area contributed by atoms with E-state index in [2.05, 4.69) is 25.0 Å². The zero-order chi connectivity index (χ0) is 21.4. The number of fused-ring (bicyclic) bond motifs is 1. The number of nitriles is 1. The summed E-state index contributed by atoms with van der Waals surface area (Å²) in [5.74, 6) is -0.655. The van der Waals surface area contributed by atoms with Crippen molar-refractivity contribution in [2.75, 3.05) is 24.7 Å². The number of aromatic nitrogens is 6. The second-order valence-electron chi connectivity index (χ2n) is 7.52. The van der Waals surface area contributed by atoms with Crippen molar-refractivity contribution in [1.29, 1.82) is 5.26 Å². The van der Waals surface area contributed by atoms with Gasteiger partial charge >= 0.3 is 0 Å². The SMILES string of the molecule is N#Cc1ncc(N2CC[C@H](C(CF)n3cc(-c4ncnc5[nH]ccc45)cn3)C2)cc1F. The molecule has 5 heterocycles. The Balaban J connectivity index is 1.37. The van der Waals surface area contributed by atoms with Crippen LogP contribution in [0.25, 0.3) is 22.3 Å². The van der Waals surface area contributed by atoms with Crippen molar-refractivity contribution in [2.45, 2.75) is 12.5 Å². The fourth-order valence-corrected chi connectivity index (χ4v) is 4.18. The lowest BCUT2D eigenvalue weighted by molar-refractivity contribution is 0.257. The Morgan fingerprint density at radius 1 is 1.29 bits per heavy atom. The normalized spacial score (nSPS) is 17.2. The molecule has 8 nitrogen and oxygen atoms in total. The smallest absolute Gasteiger partial charge is 0.176 e. The van der Waals surface area contributed by atoms with Crippen molar-refractivity contribution in [1.82, 2.24) is 29.7 Å². The largest absolute Gasteiger partial charge is 0.370 e. The first kappa shape index (κ1) is 19.1. The maximum Gasteiger partial charge on any atom is 0.176 e. The minimum Gasteiger partial charge on any atom is -0.370 e. The number of pyridine rings is 1. The lowest BCUT2D eigenvalue weighted by atomic mass is 10.0. The molecule has 10 heteroatoms. The number of anilines is 1. The van der Waals surface area contributed by atoms with Crippen LogP contribution in [0.5, 0.6) is 0 Å². The number of H-pyrrole nitrogens is 1. The van der Waals surface area contributed by atoms with Gasteiger partial charge in [0.1, 0.15) is 24.7 Å². The van der Waals surface area contributed by atoms with Crippen LogP contribution in [-0.4, -0.2) is 49.5 Å². The zero-order valence-electron chi connectivity index (χ0n) is 16.4. The second-order valence-corrected chi connectivity index (χ2v) is 7.52. The van der Waals surface area contributed by atoms with Crippen LogP contribution in [0.3, 0.4) is 0 Å². The number of alkyl halides is 1. The molecular weight excluding hydrogens is 402 g/mol. The molecule has 4 aromatic heterocycles. The van der Waals surface area contributed by atoms with Gasteiger partial charge in [-0.15, -0.1) is 0 Å². The molecule has 0 saturated carbocycles. The van der Waals surface area contributed by atoms with E-state index < -0.39 is 18.5 Å².